The molecule has 3 aromatic carbocycles. The molecule has 0 N–H and O–H groups in total. The van der Waals surface area contributed by atoms with Crippen LogP contribution in [0.5, 0.6) is 0 Å². The van der Waals surface area contributed by atoms with Crippen LogP contribution in [0.3, 0.4) is 0 Å². The Morgan fingerprint density at radius 1 is 0.818 bits per heavy atom. The standard InChI is InChI=1S/C19H13Cl2N/c1-11-5-14-7-16(10-22)17(8-15(14)6-12(11)2)13-3-4-18(20)19(21)9-13/h3-9H,1-2H3. The van der Waals surface area contributed by atoms with E-state index in [4.69, 9.17) is 23.2 Å². The van der Waals surface area contributed by atoms with Gasteiger partial charge in [-0.2, -0.15) is 5.26 Å². The largest absolute Gasteiger partial charge is 0.192 e. The fraction of sp³-hybridized carbons (Fsp3) is 0.105. The zero-order chi connectivity index (χ0) is 15.9. The molecule has 0 unspecified atom stereocenters. The lowest BCUT2D eigenvalue weighted by Crippen LogP contribution is -1.88. The van der Waals surface area contributed by atoms with Gasteiger partial charge >= 0.3 is 0 Å². The van der Waals surface area contributed by atoms with E-state index in [2.05, 4.69) is 32.0 Å². The lowest BCUT2D eigenvalue weighted by molar-refractivity contribution is 1.36. The van der Waals surface area contributed by atoms with Crippen molar-refractivity contribution in [1.29, 1.82) is 5.26 Å². The predicted molar refractivity (Wildman–Crippen MR) is 93.6 cm³/mol. The number of nitriles is 1. The van der Waals surface area contributed by atoms with Gasteiger partial charge in [0.2, 0.25) is 0 Å². The highest BCUT2D eigenvalue weighted by Crippen LogP contribution is 2.33. The number of fused-ring (bicyclic) bond motifs is 1. The molecule has 0 aliphatic heterocycles. The van der Waals surface area contributed by atoms with Crippen LogP contribution in [-0.2, 0) is 0 Å². The molecule has 0 saturated carbocycles. The highest BCUT2D eigenvalue weighted by Gasteiger charge is 2.10. The van der Waals surface area contributed by atoms with Crippen LogP contribution in [0.1, 0.15) is 16.7 Å². The van der Waals surface area contributed by atoms with E-state index in [9.17, 15) is 5.26 Å². The molecule has 0 fully saturated rings. The Hall–Kier alpha value is -2.01. The first-order chi connectivity index (χ1) is 10.5. The number of benzene rings is 3. The molecule has 0 aromatic heterocycles. The molecule has 3 aromatic rings. The van der Waals surface area contributed by atoms with Gasteiger partial charge in [-0.3, -0.25) is 0 Å². The van der Waals surface area contributed by atoms with Crippen LogP contribution in [0.25, 0.3) is 21.9 Å². The Morgan fingerprint density at radius 2 is 1.45 bits per heavy atom. The van der Waals surface area contributed by atoms with Crippen LogP contribution in [0.2, 0.25) is 10.0 Å². The van der Waals surface area contributed by atoms with E-state index in [1.165, 1.54) is 11.1 Å². The third-order valence-corrected chi connectivity index (χ3v) is 4.68. The van der Waals surface area contributed by atoms with Gasteiger partial charge in [0, 0.05) is 5.56 Å². The second-order valence-electron chi connectivity index (χ2n) is 5.42. The summed E-state index contributed by atoms with van der Waals surface area (Å²) in [4.78, 5) is 0. The molecule has 0 saturated heterocycles. The van der Waals surface area contributed by atoms with E-state index in [-0.39, 0.29) is 0 Å². The molecule has 3 rings (SSSR count). The number of halogens is 2. The zero-order valence-corrected chi connectivity index (χ0v) is 13.8. The Bertz CT molecular complexity index is 936. The lowest BCUT2D eigenvalue weighted by atomic mass is 9.94. The monoisotopic (exact) mass is 325 g/mol. The van der Waals surface area contributed by atoms with Gasteiger partial charge in [0.1, 0.15) is 0 Å². The third kappa shape index (κ3) is 2.57. The average Bonchev–Trinajstić information content (AvgIpc) is 2.50. The summed E-state index contributed by atoms with van der Waals surface area (Å²) in [7, 11) is 0. The van der Waals surface area contributed by atoms with Crippen LogP contribution in [0, 0.1) is 25.2 Å². The van der Waals surface area contributed by atoms with E-state index < -0.39 is 0 Å². The molecular weight excluding hydrogens is 313 g/mol. The number of nitrogens with zero attached hydrogens (tertiary/aromatic N) is 1. The van der Waals surface area contributed by atoms with Crippen LogP contribution in [0.15, 0.2) is 42.5 Å². The maximum absolute atomic E-state index is 9.48. The Labute approximate surface area is 139 Å². The van der Waals surface area contributed by atoms with Crippen LogP contribution in [0.4, 0.5) is 0 Å². The zero-order valence-electron chi connectivity index (χ0n) is 12.2. The lowest BCUT2D eigenvalue weighted by Gasteiger charge is -2.10. The summed E-state index contributed by atoms with van der Waals surface area (Å²) in [5, 5.41) is 12.7. The molecule has 3 heteroatoms. The highest BCUT2D eigenvalue weighted by atomic mass is 35.5. The van der Waals surface area contributed by atoms with E-state index in [1.807, 2.05) is 18.2 Å². The molecule has 22 heavy (non-hydrogen) atoms. The molecule has 0 spiro atoms. The Kier molecular flexibility index (Phi) is 3.83. The highest BCUT2D eigenvalue weighted by molar-refractivity contribution is 6.42. The Morgan fingerprint density at radius 3 is 2.05 bits per heavy atom. The molecular formula is C19H13Cl2N. The smallest absolute Gasteiger partial charge is 0.0998 e. The van der Waals surface area contributed by atoms with Gasteiger partial charge in [-0.05, 0) is 65.6 Å². The second kappa shape index (κ2) is 5.65. The number of aryl methyl sites for hydroxylation is 2. The summed E-state index contributed by atoms with van der Waals surface area (Å²) in [5.74, 6) is 0. The minimum Gasteiger partial charge on any atom is -0.192 e. The maximum Gasteiger partial charge on any atom is 0.0998 e. The van der Waals surface area contributed by atoms with Crippen molar-refractivity contribution < 1.29 is 0 Å². The summed E-state index contributed by atoms with van der Waals surface area (Å²) in [6.45, 7) is 4.17. The first kappa shape index (κ1) is 14.9. The SMILES string of the molecule is Cc1cc2cc(C#N)c(-c3ccc(Cl)c(Cl)c3)cc2cc1C. The van der Waals surface area contributed by atoms with E-state index in [1.54, 1.807) is 12.1 Å². The maximum atomic E-state index is 9.48. The van der Waals surface area contributed by atoms with Gasteiger partial charge in [0.15, 0.2) is 0 Å². The third-order valence-electron chi connectivity index (χ3n) is 3.94. The van der Waals surface area contributed by atoms with Crippen LogP contribution in [-0.4, -0.2) is 0 Å². The summed E-state index contributed by atoms with van der Waals surface area (Å²) in [6, 6.07) is 16.0. The fourth-order valence-electron chi connectivity index (χ4n) is 2.57. The number of hydrogen-bond donors (Lipinski definition) is 0. The van der Waals surface area contributed by atoms with Gasteiger partial charge in [-0.25, -0.2) is 0 Å². The Balaban J connectivity index is 2.30. The van der Waals surface area contributed by atoms with Gasteiger partial charge in [0.25, 0.3) is 0 Å². The van der Waals surface area contributed by atoms with Crippen molar-refractivity contribution in [2.45, 2.75) is 13.8 Å². The normalized spacial score (nSPS) is 10.7. The van der Waals surface area contributed by atoms with Crippen molar-refractivity contribution in [2.24, 2.45) is 0 Å². The number of hydrogen-bond acceptors (Lipinski definition) is 1. The summed E-state index contributed by atoms with van der Waals surface area (Å²) in [5.41, 5.74) is 4.85. The molecule has 108 valence electrons. The summed E-state index contributed by atoms with van der Waals surface area (Å²) in [6.07, 6.45) is 0. The van der Waals surface area contributed by atoms with Gasteiger partial charge in [-0.1, -0.05) is 41.4 Å². The first-order valence-corrected chi connectivity index (χ1v) is 7.65. The van der Waals surface area contributed by atoms with Crippen LogP contribution >= 0.6 is 23.2 Å². The van der Waals surface area contributed by atoms with Gasteiger partial charge in [0.05, 0.1) is 21.7 Å². The van der Waals surface area contributed by atoms with Gasteiger partial charge < -0.3 is 0 Å². The molecule has 0 bridgehead atoms. The number of rotatable bonds is 1. The fourth-order valence-corrected chi connectivity index (χ4v) is 2.87. The second-order valence-corrected chi connectivity index (χ2v) is 6.24. The summed E-state index contributed by atoms with van der Waals surface area (Å²) >= 11 is 12.1. The minimum absolute atomic E-state index is 0.489. The topological polar surface area (TPSA) is 23.8 Å². The van der Waals surface area contributed by atoms with Crippen molar-refractivity contribution in [1.82, 2.24) is 0 Å². The first-order valence-electron chi connectivity index (χ1n) is 6.90. The molecule has 0 amide bonds. The molecule has 0 radical (unpaired) electrons. The van der Waals surface area contributed by atoms with Gasteiger partial charge in [-0.15, -0.1) is 0 Å². The van der Waals surface area contributed by atoms with Crippen molar-refractivity contribution in [3.8, 4) is 17.2 Å². The predicted octanol–water partition coefficient (Wildman–Crippen LogP) is 6.30. The van der Waals surface area contributed by atoms with Crippen molar-refractivity contribution >= 4 is 34.0 Å². The quantitative estimate of drug-likeness (QED) is 0.514. The van der Waals surface area contributed by atoms with E-state index in [0.717, 1.165) is 21.9 Å². The molecule has 0 aliphatic carbocycles. The van der Waals surface area contributed by atoms with Crippen molar-refractivity contribution in [3.05, 3.63) is 69.2 Å². The van der Waals surface area contributed by atoms with Crippen LogP contribution < -0.4 is 0 Å². The molecule has 1 nitrogen and oxygen atoms in total. The molecule has 0 aliphatic rings. The van der Waals surface area contributed by atoms with Crippen molar-refractivity contribution in [2.75, 3.05) is 0 Å². The van der Waals surface area contributed by atoms with E-state index >= 15 is 0 Å². The molecule has 0 heterocycles. The van der Waals surface area contributed by atoms with Crippen molar-refractivity contribution in [3.63, 3.8) is 0 Å². The van der Waals surface area contributed by atoms with E-state index in [0.29, 0.717) is 15.6 Å². The average molecular weight is 326 g/mol. The summed E-state index contributed by atoms with van der Waals surface area (Å²) < 4.78 is 0. The molecule has 0 atom stereocenters. The minimum atomic E-state index is 0.489.